The summed E-state index contributed by atoms with van der Waals surface area (Å²) in [5, 5.41) is 5.69. The molecule has 29 heavy (non-hydrogen) atoms. The van der Waals surface area contributed by atoms with Gasteiger partial charge >= 0.3 is 0 Å². The number of hydrogen-bond donors (Lipinski definition) is 0. The van der Waals surface area contributed by atoms with Crippen LogP contribution in [0.5, 0.6) is 5.75 Å². The third-order valence-electron chi connectivity index (χ3n) is 6.68. The molecule has 1 unspecified atom stereocenters. The van der Waals surface area contributed by atoms with Crippen LogP contribution in [0.2, 0.25) is 5.02 Å². The van der Waals surface area contributed by atoms with Crippen LogP contribution in [0.3, 0.4) is 0 Å². The molecule has 3 aromatic rings. The lowest BCUT2D eigenvalue weighted by Gasteiger charge is -2.36. The molecule has 4 nitrogen and oxygen atoms in total. The maximum atomic E-state index is 6.46. The van der Waals surface area contributed by atoms with Crippen molar-refractivity contribution in [1.82, 2.24) is 14.7 Å². The summed E-state index contributed by atoms with van der Waals surface area (Å²) >= 11 is 6.46. The second-order valence-corrected chi connectivity index (χ2v) is 8.61. The molecule has 2 aliphatic rings. The maximum Gasteiger partial charge on any atom is 0.123 e. The molecule has 0 radical (unpaired) electrons. The zero-order valence-electron chi connectivity index (χ0n) is 17.2. The number of fused-ring (bicyclic) bond motifs is 2. The van der Waals surface area contributed by atoms with Gasteiger partial charge in [-0.25, -0.2) is 4.68 Å². The first kappa shape index (κ1) is 18.7. The predicted octanol–water partition coefficient (Wildman–Crippen LogP) is 5.28. The highest BCUT2D eigenvalue weighted by Gasteiger charge is 2.37. The summed E-state index contributed by atoms with van der Waals surface area (Å²) in [4.78, 5) is 2.62. The Morgan fingerprint density at radius 3 is 2.72 bits per heavy atom. The minimum atomic E-state index is 0.426. The smallest absolute Gasteiger partial charge is 0.123 e. The van der Waals surface area contributed by atoms with Crippen molar-refractivity contribution in [2.75, 3.05) is 7.11 Å². The maximum absolute atomic E-state index is 6.46. The summed E-state index contributed by atoms with van der Waals surface area (Å²) < 4.78 is 7.64. The largest absolute Gasteiger partial charge is 0.496 e. The number of ether oxygens (including phenoxy) is 1. The Morgan fingerprint density at radius 1 is 1.10 bits per heavy atom. The molecule has 5 heteroatoms. The Balaban J connectivity index is 1.46. The molecule has 0 saturated carbocycles. The highest BCUT2D eigenvalue weighted by atomic mass is 35.5. The highest BCUT2D eigenvalue weighted by Crippen LogP contribution is 2.41. The predicted molar refractivity (Wildman–Crippen MR) is 116 cm³/mol. The van der Waals surface area contributed by atoms with Crippen molar-refractivity contribution in [3.63, 3.8) is 0 Å². The summed E-state index contributed by atoms with van der Waals surface area (Å²) in [7, 11) is 1.76. The number of methoxy groups -OCH3 is 1. The minimum absolute atomic E-state index is 0.426. The monoisotopic (exact) mass is 407 g/mol. The van der Waals surface area contributed by atoms with Gasteiger partial charge in [-0.3, -0.25) is 4.90 Å². The van der Waals surface area contributed by atoms with Crippen LogP contribution in [0, 0.1) is 6.92 Å². The van der Waals surface area contributed by atoms with E-state index in [1.165, 1.54) is 28.1 Å². The average molecular weight is 408 g/mol. The summed E-state index contributed by atoms with van der Waals surface area (Å²) in [6, 6.07) is 14.9. The van der Waals surface area contributed by atoms with Gasteiger partial charge in [-0.15, -0.1) is 0 Å². The van der Waals surface area contributed by atoms with Crippen molar-refractivity contribution in [3.05, 3.63) is 75.6 Å². The van der Waals surface area contributed by atoms with Crippen molar-refractivity contribution in [1.29, 1.82) is 0 Å². The molecule has 1 aromatic heterocycles. The lowest BCUT2D eigenvalue weighted by Crippen LogP contribution is -2.38. The van der Waals surface area contributed by atoms with Crippen LogP contribution in [0.15, 0.2) is 42.5 Å². The second kappa shape index (κ2) is 7.19. The Bertz CT molecular complexity index is 1070. The topological polar surface area (TPSA) is 30.3 Å². The molecule has 0 spiro atoms. The molecular formula is C24H26ClN3O. The molecule has 2 atom stereocenters. The van der Waals surface area contributed by atoms with Gasteiger partial charge in [0.15, 0.2) is 0 Å². The molecular weight excluding hydrogens is 382 g/mol. The number of aromatic nitrogens is 2. The van der Waals surface area contributed by atoms with E-state index in [0.29, 0.717) is 12.0 Å². The van der Waals surface area contributed by atoms with Crippen LogP contribution in [-0.4, -0.2) is 27.8 Å². The fourth-order valence-electron chi connectivity index (χ4n) is 5.28. The van der Waals surface area contributed by atoms with Crippen molar-refractivity contribution < 1.29 is 4.74 Å². The van der Waals surface area contributed by atoms with E-state index >= 15 is 0 Å². The molecule has 0 amide bonds. The third-order valence-corrected chi connectivity index (χ3v) is 7.00. The first-order valence-corrected chi connectivity index (χ1v) is 10.7. The number of nitrogens with zero attached hydrogens (tertiary/aromatic N) is 3. The Labute approximate surface area is 177 Å². The van der Waals surface area contributed by atoms with Crippen molar-refractivity contribution >= 4 is 11.6 Å². The number of benzene rings is 2. The first-order valence-electron chi connectivity index (χ1n) is 10.3. The number of aryl methyl sites for hydroxylation is 1. The van der Waals surface area contributed by atoms with E-state index in [-0.39, 0.29) is 0 Å². The molecule has 150 valence electrons. The van der Waals surface area contributed by atoms with Gasteiger partial charge in [0.25, 0.3) is 0 Å². The van der Waals surface area contributed by atoms with E-state index in [9.17, 15) is 0 Å². The van der Waals surface area contributed by atoms with Crippen LogP contribution in [0.1, 0.15) is 47.3 Å². The van der Waals surface area contributed by atoms with Gasteiger partial charge in [0.1, 0.15) is 5.75 Å². The van der Waals surface area contributed by atoms with Gasteiger partial charge in [0.2, 0.25) is 0 Å². The Hall–Kier alpha value is -2.30. The molecule has 2 aromatic carbocycles. The minimum Gasteiger partial charge on any atom is -0.496 e. The molecule has 1 aliphatic heterocycles. The number of rotatable bonds is 3. The summed E-state index contributed by atoms with van der Waals surface area (Å²) in [6.45, 7) is 6.49. The van der Waals surface area contributed by atoms with Crippen LogP contribution in [-0.2, 0) is 19.5 Å². The third kappa shape index (κ3) is 2.97. The standard InChI is InChI=1S/C24H26ClN3O/c1-15-21(27-13-17-7-6-10-23(29-3)18(17)14-27)12-11-20-24(15)16(2)28(26-20)22-9-5-4-8-19(22)25/h4-10,15,21H,11-14H2,1-3H3/t15-,21?/m0/s1. The summed E-state index contributed by atoms with van der Waals surface area (Å²) in [5.41, 5.74) is 7.52. The van der Waals surface area contributed by atoms with E-state index in [0.717, 1.165) is 42.4 Å². The molecule has 5 rings (SSSR count). The van der Waals surface area contributed by atoms with Gasteiger partial charge in [0.05, 0.1) is 23.5 Å². The van der Waals surface area contributed by atoms with E-state index < -0.39 is 0 Å². The summed E-state index contributed by atoms with van der Waals surface area (Å²) in [5.74, 6) is 1.44. The molecule has 0 saturated heterocycles. The second-order valence-electron chi connectivity index (χ2n) is 8.21. The van der Waals surface area contributed by atoms with E-state index in [1.54, 1.807) is 7.11 Å². The van der Waals surface area contributed by atoms with Crippen LogP contribution in [0.4, 0.5) is 0 Å². The lowest BCUT2D eigenvalue weighted by molar-refractivity contribution is 0.158. The summed E-state index contributed by atoms with van der Waals surface area (Å²) in [6.07, 6.45) is 2.13. The van der Waals surface area contributed by atoms with Gasteiger partial charge in [-0.1, -0.05) is 42.8 Å². The normalized spacial score (nSPS) is 21.1. The fourth-order valence-corrected chi connectivity index (χ4v) is 5.49. The highest BCUT2D eigenvalue weighted by molar-refractivity contribution is 6.32. The fraction of sp³-hybridized carbons (Fsp3) is 0.375. The SMILES string of the molecule is COc1cccc2c1CN(C1CCc3nn(-c4ccccc4Cl)c(C)c3[C@H]1C)C2. The number of hydrogen-bond acceptors (Lipinski definition) is 3. The zero-order valence-corrected chi connectivity index (χ0v) is 17.9. The van der Waals surface area contributed by atoms with E-state index in [1.807, 2.05) is 28.9 Å². The molecule has 0 N–H and O–H groups in total. The van der Waals surface area contributed by atoms with E-state index in [4.69, 9.17) is 21.4 Å². The molecule has 1 aliphatic carbocycles. The van der Waals surface area contributed by atoms with Crippen molar-refractivity contribution in [2.45, 2.75) is 51.7 Å². The molecule has 0 bridgehead atoms. The van der Waals surface area contributed by atoms with Crippen LogP contribution >= 0.6 is 11.6 Å². The van der Waals surface area contributed by atoms with Gasteiger partial charge in [-0.05, 0) is 43.5 Å². The average Bonchev–Trinajstić information content (AvgIpc) is 3.30. The quantitative estimate of drug-likeness (QED) is 0.592. The Morgan fingerprint density at radius 2 is 1.93 bits per heavy atom. The number of para-hydroxylation sites is 1. The van der Waals surface area contributed by atoms with Gasteiger partial charge in [-0.2, -0.15) is 5.10 Å². The molecule has 0 fully saturated rings. The first-order chi connectivity index (χ1) is 14.1. The van der Waals surface area contributed by atoms with E-state index in [2.05, 4.69) is 36.9 Å². The molecule has 2 heterocycles. The van der Waals surface area contributed by atoms with Crippen LogP contribution < -0.4 is 4.74 Å². The lowest BCUT2D eigenvalue weighted by atomic mass is 9.82. The van der Waals surface area contributed by atoms with Crippen molar-refractivity contribution in [2.24, 2.45) is 0 Å². The van der Waals surface area contributed by atoms with Gasteiger partial charge in [0, 0.05) is 41.9 Å². The zero-order chi connectivity index (χ0) is 20.1. The van der Waals surface area contributed by atoms with Gasteiger partial charge < -0.3 is 4.74 Å². The van der Waals surface area contributed by atoms with Crippen molar-refractivity contribution in [3.8, 4) is 11.4 Å². The number of halogens is 1. The Kier molecular flexibility index (Phi) is 4.64. The van der Waals surface area contributed by atoms with Crippen LogP contribution in [0.25, 0.3) is 5.69 Å².